The van der Waals surface area contributed by atoms with Crippen LogP contribution in [0.1, 0.15) is 58.2 Å². The van der Waals surface area contributed by atoms with Crippen LogP contribution in [0.4, 0.5) is 13.2 Å². The van der Waals surface area contributed by atoms with Crippen LogP contribution in [0.2, 0.25) is 0 Å². The molecule has 0 unspecified atom stereocenters. The molecule has 4 heterocycles. The van der Waals surface area contributed by atoms with Gasteiger partial charge in [0, 0.05) is 39.8 Å². The zero-order valence-corrected chi connectivity index (χ0v) is 45.7. The minimum Gasteiger partial charge on any atom is -0.503 e. The van der Waals surface area contributed by atoms with E-state index in [2.05, 4.69) is 154 Å². The molecule has 10 heteroatoms. The van der Waals surface area contributed by atoms with Crippen molar-refractivity contribution in [3.8, 4) is 56.6 Å². The second-order valence-electron chi connectivity index (χ2n) is 21.7. The Morgan fingerprint density at radius 3 is 2.03 bits per heavy atom. The monoisotopic (exact) mass is 1210 g/mol. The smallest absolute Gasteiger partial charge is 0.503 e. The number of nitrogens with zero attached hydrogens (tertiary/aromatic N) is 4. The number of hydrogen-bond acceptors (Lipinski definition) is 4. The first-order valence-electron chi connectivity index (χ1n) is 25.6. The minimum absolute atomic E-state index is 0. The zero-order chi connectivity index (χ0) is 52.9. The largest absolute Gasteiger partial charge is 2.00 e. The van der Waals surface area contributed by atoms with Gasteiger partial charge in [-0.15, -0.1) is 17.5 Å². The summed E-state index contributed by atoms with van der Waals surface area (Å²) >= 11 is 0. The van der Waals surface area contributed by atoms with Gasteiger partial charge >= 0.3 is 27.1 Å². The number of imidazole rings is 1. The molecule has 0 amide bonds. The van der Waals surface area contributed by atoms with Gasteiger partial charge in [-0.2, -0.15) is 14.8 Å². The molecule has 0 spiro atoms. The summed E-state index contributed by atoms with van der Waals surface area (Å²) in [7, 11) is 0. The molecule has 78 heavy (non-hydrogen) atoms. The summed E-state index contributed by atoms with van der Waals surface area (Å²) in [5, 5.41) is 5.59. The number of hydrogen-bond donors (Lipinski definition) is 0. The van der Waals surface area contributed by atoms with Crippen LogP contribution in [-0.4, -0.2) is 19.1 Å². The van der Waals surface area contributed by atoms with Gasteiger partial charge in [0.25, 0.3) is 0 Å². The minimum atomic E-state index is -2.35. The van der Waals surface area contributed by atoms with Gasteiger partial charge in [0.1, 0.15) is 11.4 Å². The molecule has 0 N–H and O–H groups in total. The van der Waals surface area contributed by atoms with Crippen LogP contribution in [0.25, 0.3) is 117 Å². The Morgan fingerprint density at radius 2 is 1.26 bits per heavy atom. The van der Waals surface area contributed by atoms with Crippen LogP contribution in [0, 0.1) is 12.1 Å². The SMILES string of the molecule is CC(C)(C)c1ccnc(-n2c3[c-]c(Oc4[c-]c(-c5nc6ccccc6n5-c5ccc(-c6ccccc6)cc5C(C)(C)C)c5oc6cc7cc(-c8ccc(C(F)=C(F)F)cc8)ccc7cc6c5c4)ccc3c3ccccc32)c1.[Pt+2]. The van der Waals surface area contributed by atoms with Crippen LogP contribution in [0.15, 0.2) is 199 Å². The number of pyridine rings is 1. The number of fused-ring (bicyclic) bond motifs is 8. The van der Waals surface area contributed by atoms with Gasteiger partial charge < -0.3 is 18.3 Å². The van der Waals surface area contributed by atoms with Gasteiger partial charge in [0.05, 0.1) is 22.4 Å². The molecule has 0 atom stereocenters. The molecule has 384 valence electrons. The number of rotatable bonds is 8. The third-order valence-corrected chi connectivity index (χ3v) is 14.6. The summed E-state index contributed by atoms with van der Waals surface area (Å²) in [5.74, 6) is 0.808. The first kappa shape index (κ1) is 50.3. The molecule has 0 aliphatic heterocycles. The third kappa shape index (κ3) is 8.76. The van der Waals surface area contributed by atoms with Crippen molar-refractivity contribution in [2.24, 2.45) is 0 Å². The molecular formula is C68H49F3N4O2Pt. The maximum absolute atomic E-state index is 14.1. The molecule has 0 saturated carbocycles. The Labute approximate surface area is 463 Å². The summed E-state index contributed by atoms with van der Waals surface area (Å²) in [6.45, 7) is 13.3. The Bertz CT molecular complexity index is 4540. The van der Waals surface area contributed by atoms with Crippen molar-refractivity contribution >= 4 is 71.4 Å². The third-order valence-electron chi connectivity index (χ3n) is 14.6. The van der Waals surface area contributed by atoms with E-state index in [0.29, 0.717) is 34.1 Å². The maximum atomic E-state index is 14.1. The second kappa shape index (κ2) is 19.2. The number of para-hydroxylation sites is 3. The first-order chi connectivity index (χ1) is 37.1. The zero-order valence-electron chi connectivity index (χ0n) is 43.5. The van der Waals surface area contributed by atoms with Crippen molar-refractivity contribution in [2.75, 3.05) is 0 Å². The first-order valence-corrected chi connectivity index (χ1v) is 25.6. The molecule has 13 aromatic rings. The summed E-state index contributed by atoms with van der Waals surface area (Å²) in [6.07, 6.45) is -0.478. The van der Waals surface area contributed by atoms with Crippen LogP contribution < -0.4 is 4.74 Å². The molecule has 4 aromatic heterocycles. The normalized spacial score (nSPS) is 12.1. The van der Waals surface area contributed by atoms with E-state index in [0.717, 1.165) is 93.7 Å². The van der Waals surface area contributed by atoms with E-state index in [1.807, 2.05) is 72.9 Å². The molecule has 0 aliphatic rings. The van der Waals surface area contributed by atoms with Crippen LogP contribution >= 0.6 is 0 Å². The molecule has 0 radical (unpaired) electrons. The Hall–Kier alpha value is -8.52. The molecule has 13 rings (SSSR count). The average molecular weight is 1210 g/mol. The molecule has 6 nitrogen and oxygen atoms in total. The van der Waals surface area contributed by atoms with E-state index < -0.39 is 11.9 Å². The van der Waals surface area contributed by atoms with Gasteiger partial charge in [0.2, 0.25) is 0 Å². The van der Waals surface area contributed by atoms with Crippen LogP contribution in [0.3, 0.4) is 0 Å². The van der Waals surface area contributed by atoms with E-state index in [4.69, 9.17) is 19.1 Å². The molecular weight excluding hydrogens is 1160 g/mol. The number of ether oxygens (including phenoxy) is 1. The Kier molecular flexibility index (Phi) is 12.4. The van der Waals surface area contributed by atoms with E-state index >= 15 is 0 Å². The van der Waals surface area contributed by atoms with E-state index in [1.54, 1.807) is 12.1 Å². The van der Waals surface area contributed by atoms with Gasteiger partial charge in [0.15, 0.2) is 5.83 Å². The summed E-state index contributed by atoms with van der Waals surface area (Å²) in [4.78, 5) is 10.3. The number of benzene rings is 9. The molecule has 0 bridgehead atoms. The Balaban J connectivity index is 0.00000609. The van der Waals surface area contributed by atoms with Crippen LogP contribution in [-0.2, 0) is 31.9 Å². The van der Waals surface area contributed by atoms with Gasteiger partial charge in [-0.3, -0.25) is 4.98 Å². The van der Waals surface area contributed by atoms with Crippen molar-refractivity contribution in [3.63, 3.8) is 0 Å². The average Bonchev–Trinajstić information content (AvgIpc) is 4.31. The number of aromatic nitrogens is 4. The van der Waals surface area contributed by atoms with Crippen molar-refractivity contribution in [1.29, 1.82) is 0 Å². The van der Waals surface area contributed by atoms with Crippen molar-refractivity contribution < 1.29 is 43.4 Å². The van der Waals surface area contributed by atoms with Gasteiger partial charge in [-0.1, -0.05) is 173 Å². The van der Waals surface area contributed by atoms with E-state index in [1.165, 1.54) is 17.7 Å². The summed E-state index contributed by atoms with van der Waals surface area (Å²) in [5.41, 5.74) is 11.9. The molecule has 0 aliphatic carbocycles. The molecule has 0 saturated heterocycles. The maximum Gasteiger partial charge on any atom is 2.00 e. The van der Waals surface area contributed by atoms with Crippen molar-refractivity contribution in [1.82, 2.24) is 19.1 Å². The topological polar surface area (TPSA) is 58.0 Å². The summed E-state index contributed by atoms with van der Waals surface area (Å²) < 4.78 is 58.7. The van der Waals surface area contributed by atoms with Gasteiger partial charge in [-0.05, 0) is 121 Å². The fourth-order valence-electron chi connectivity index (χ4n) is 10.7. The number of furan rings is 1. The predicted octanol–water partition coefficient (Wildman–Crippen LogP) is 19.1. The van der Waals surface area contributed by atoms with Crippen molar-refractivity contribution in [2.45, 2.75) is 52.4 Å². The molecule has 0 fully saturated rings. The molecule has 9 aromatic carbocycles. The fourth-order valence-corrected chi connectivity index (χ4v) is 10.7. The Morgan fingerprint density at radius 1 is 0.551 bits per heavy atom. The quantitative estimate of drug-likeness (QED) is 0.142. The summed E-state index contributed by atoms with van der Waals surface area (Å²) in [6, 6.07) is 67.3. The number of halogens is 3. The van der Waals surface area contributed by atoms with Crippen molar-refractivity contribution in [3.05, 3.63) is 223 Å². The van der Waals surface area contributed by atoms with Gasteiger partial charge in [-0.25, -0.2) is 9.37 Å². The van der Waals surface area contributed by atoms with E-state index in [-0.39, 0.29) is 37.5 Å². The predicted molar refractivity (Wildman–Crippen MR) is 306 cm³/mol. The van der Waals surface area contributed by atoms with Crippen LogP contribution in [0.5, 0.6) is 11.5 Å². The van der Waals surface area contributed by atoms with E-state index in [9.17, 15) is 13.2 Å². The second-order valence-corrected chi connectivity index (χ2v) is 21.7. The fraction of sp³-hybridized carbons (Fsp3) is 0.118. The standard InChI is InChI=1S/C68H49F3N4O2.Pt/c1-67(2,3)47-30-31-72-62(36-47)74-57-18-12-10-16-50(57)51-28-27-48(39-60(51)74)76-49-37-53-52-33-44-25-24-43(41-20-22-42(23-21-41)63(69)65(70)71)32-46(44)35-61(52)77-64(53)54(38-49)66-73-56-17-11-13-19-59(56)75(66)58-29-26-45(34-55(58)68(4,5)6)40-14-8-7-9-15-40;/h7-37H,1-6H3;/q-2;+2.